The summed E-state index contributed by atoms with van der Waals surface area (Å²) in [6.07, 6.45) is 0. The van der Waals surface area contributed by atoms with Gasteiger partial charge in [-0.2, -0.15) is 5.26 Å². The number of nitriles is 1. The highest BCUT2D eigenvalue weighted by Crippen LogP contribution is 2.20. The molecule has 6 heteroatoms. The molecule has 1 aromatic heterocycles. The monoisotopic (exact) mass is 292 g/mol. The number of anilines is 2. The number of ether oxygens (including phenoxy) is 2. The van der Waals surface area contributed by atoms with Gasteiger partial charge in [0.1, 0.15) is 17.7 Å². The van der Waals surface area contributed by atoms with Gasteiger partial charge in [-0.3, -0.25) is 0 Å². The van der Waals surface area contributed by atoms with E-state index < -0.39 is 0 Å². The minimum absolute atomic E-state index is 0.571. The molecule has 0 bridgehead atoms. The summed E-state index contributed by atoms with van der Waals surface area (Å²) in [6, 6.07) is 4.06. The van der Waals surface area contributed by atoms with Crippen molar-refractivity contribution in [3.63, 3.8) is 0 Å². The maximum atomic E-state index is 9.24. The van der Waals surface area contributed by atoms with Crippen LogP contribution in [0.4, 0.5) is 11.6 Å². The molecule has 1 rings (SSSR count). The number of hydrogen-bond donors (Lipinski definition) is 2. The highest BCUT2D eigenvalue weighted by atomic mass is 16.5. The molecule has 0 saturated carbocycles. The van der Waals surface area contributed by atoms with E-state index in [2.05, 4.69) is 21.7 Å². The van der Waals surface area contributed by atoms with E-state index in [1.165, 1.54) is 0 Å². The van der Waals surface area contributed by atoms with Crippen LogP contribution < -0.4 is 10.6 Å². The summed E-state index contributed by atoms with van der Waals surface area (Å²) in [5.41, 5.74) is 1.46. The summed E-state index contributed by atoms with van der Waals surface area (Å²) >= 11 is 0. The van der Waals surface area contributed by atoms with Gasteiger partial charge in [-0.25, -0.2) is 4.98 Å². The van der Waals surface area contributed by atoms with Crippen molar-refractivity contribution < 1.29 is 9.47 Å². The molecule has 1 heterocycles. The molecule has 0 amide bonds. The summed E-state index contributed by atoms with van der Waals surface area (Å²) in [6.45, 7) is 9.72. The number of nitrogens with one attached hydrogen (secondary N) is 2. The van der Waals surface area contributed by atoms with Crippen LogP contribution in [0.1, 0.15) is 25.0 Å². The molecule has 6 nitrogen and oxygen atoms in total. The van der Waals surface area contributed by atoms with Crippen LogP contribution in [0.15, 0.2) is 6.07 Å². The highest BCUT2D eigenvalue weighted by Gasteiger charge is 2.09. The molecule has 2 N–H and O–H groups in total. The average Bonchev–Trinajstić information content (AvgIpc) is 2.48. The van der Waals surface area contributed by atoms with Crippen molar-refractivity contribution in [1.82, 2.24) is 4.98 Å². The minimum atomic E-state index is 0.571. The lowest BCUT2D eigenvalue weighted by Gasteiger charge is -2.13. The molecule has 21 heavy (non-hydrogen) atoms. The molecular weight excluding hydrogens is 268 g/mol. The first kappa shape index (κ1) is 17.2. The van der Waals surface area contributed by atoms with Crippen LogP contribution in [0.25, 0.3) is 0 Å². The molecule has 0 unspecified atom stereocenters. The summed E-state index contributed by atoms with van der Waals surface area (Å²) in [5, 5.41) is 15.6. The van der Waals surface area contributed by atoms with E-state index in [0.29, 0.717) is 50.9 Å². The van der Waals surface area contributed by atoms with E-state index in [9.17, 15) is 5.26 Å². The summed E-state index contributed by atoms with van der Waals surface area (Å²) in [5.74, 6) is 1.33. The van der Waals surface area contributed by atoms with Crippen LogP contribution in [0, 0.1) is 18.3 Å². The standard InChI is InChI=1S/C15H24N4O2/c1-4-20-8-6-17-14-10-12(3)13(11-16)15(19-14)18-7-9-21-5-2/h10H,4-9H2,1-3H3,(H2,17,18,19). The fraction of sp³-hybridized carbons (Fsp3) is 0.600. The molecule has 0 fully saturated rings. The lowest BCUT2D eigenvalue weighted by molar-refractivity contribution is 0.158. The third-order valence-electron chi connectivity index (χ3n) is 2.83. The third kappa shape index (κ3) is 5.98. The molecule has 0 saturated heterocycles. The van der Waals surface area contributed by atoms with Crippen molar-refractivity contribution in [3.8, 4) is 6.07 Å². The van der Waals surface area contributed by atoms with E-state index in [4.69, 9.17) is 9.47 Å². The van der Waals surface area contributed by atoms with Crippen molar-refractivity contribution in [2.75, 3.05) is 50.2 Å². The highest BCUT2D eigenvalue weighted by molar-refractivity contribution is 5.60. The van der Waals surface area contributed by atoms with Crippen LogP contribution in [0.2, 0.25) is 0 Å². The van der Waals surface area contributed by atoms with Crippen LogP contribution in [0.3, 0.4) is 0 Å². The van der Waals surface area contributed by atoms with E-state index in [-0.39, 0.29) is 0 Å². The molecule has 0 spiro atoms. The van der Waals surface area contributed by atoms with E-state index in [1.807, 2.05) is 26.8 Å². The molecule has 0 aliphatic rings. The van der Waals surface area contributed by atoms with Gasteiger partial charge in [-0.05, 0) is 32.4 Å². The molecule has 116 valence electrons. The SMILES string of the molecule is CCOCCNc1cc(C)c(C#N)c(NCCOCC)n1. The minimum Gasteiger partial charge on any atom is -0.380 e. The molecule has 0 aliphatic carbocycles. The number of hydrogen-bond acceptors (Lipinski definition) is 6. The van der Waals surface area contributed by atoms with Gasteiger partial charge in [-0.1, -0.05) is 0 Å². The Bertz CT molecular complexity index is 471. The Hall–Kier alpha value is -1.84. The lowest BCUT2D eigenvalue weighted by atomic mass is 10.1. The molecular formula is C15H24N4O2. The van der Waals surface area contributed by atoms with Crippen molar-refractivity contribution in [2.24, 2.45) is 0 Å². The van der Waals surface area contributed by atoms with Crippen molar-refractivity contribution in [3.05, 3.63) is 17.2 Å². The van der Waals surface area contributed by atoms with E-state index >= 15 is 0 Å². The lowest BCUT2D eigenvalue weighted by Crippen LogP contribution is -2.14. The van der Waals surface area contributed by atoms with Crippen LogP contribution in [-0.2, 0) is 9.47 Å². The fourth-order valence-electron chi connectivity index (χ4n) is 1.81. The predicted molar refractivity (Wildman–Crippen MR) is 83.7 cm³/mol. The zero-order chi connectivity index (χ0) is 15.5. The van der Waals surface area contributed by atoms with Crippen LogP contribution >= 0.6 is 0 Å². The Labute approximate surface area is 126 Å². The van der Waals surface area contributed by atoms with Gasteiger partial charge in [0, 0.05) is 26.3 Å². The first-order chi connectivity index (χ1) is 10.2. The molecule has 0 aliphatic heterocycles. The zero-order valence-corrected chi connectivity index (χ0v) is 13.0. The predicted octanol–water partition coefficient (Wildman–Crippen LogP) is 2.16. The van der Waals surface area contributed by atoms with Gasteiger partial charge in [0.05, 0.1) is 18.8 Å². The van der Waals surface area contributed by atoms with Gasteiger partial charge in [0.2, 0.25) is 0 Å². The number of aromatic nitrogens is 1. The first-order valence-corrected chi connectivity index (χ1v) is 7.27. The van der Waals surface area contributed by atoms with Crippen molar-refractivity contribution in [1.29, 1.82) is 5.26 Å². The smallest absolute Gasteiger partial charge is 0.146 e. The quantitative estimate of drug-likeness (QED) is 0.643. The summed E-state index contributed by atoms with van der Waals surface area (Å²) in [7, 11) is 0. The number of rotatable bonds is 10. The van der Waals surface area contributed by atoms with Gasteiger partial charge in [0.25, 0.3) is 0 Å². The van der Waals surface area contributed by atoms with Crippen LogP contribution in [0.5, 0.6) is 0 Å². The Kier molecular flexibility index (Phi) is 8.17. The first-order valence-electron chi connectivity index (χ1n) is 7.27. The third-order valence-corrected chi connectivity index (χ3v) is 2.83. The van der Waals surface area contributed by atoms with E-state index in [0.717, 1.165) is 11.4 Å². The Morgan fingerprint density at radius 3 is 2.33 bits per heavy atom. The number of aryl methyl sites for hydroxylation is 1. The fourth-order valence-corrected chi connectivity index (χ4v) is 1.81. The molecule has 0 aromatic carbocycles. The maximum absolute atomic E-state index is 9.24. The van der Waals surface area contributed by atoms with Gasteiger partial charge < -0.3 is 20.1 Å². The van der Waals surface area contributed by atoms with Gasteiger partial charge in [-0.15, -0.1) is 0 Å². The van der Waals surface area contributed by atoms with Crippen LogP contribution in [-0.4, -0.2) is 44.5 Å². The number of nitrogens with zero attached hydrogens (tertiary/aromatic N) is 2. The summed E-state index contributed by atoms with van der Waals surface area (Å²) < 4.78 is 10.6. The normalized spacial score (nSPS) is 10.2. The summed E-state index contributed by atoms with van der Waals surface area (Å²) in [4.78, 5) is 4.44. The topological polar surface area (TPSA) is 79.2 Å². The van der Waals surface area contributed by atoms with Crippen molar-refractivity contribution in [2.45, 2.75) is 20.8 Å². The van der Waals surface area contributed by atoms with Gasteiger partial charge in [0.15, 0.2) is 0 Å². The number of pyridine rings is 1. The Morgan fingerprint density at radius 2 is 1.76 bits per heavy atom. The second-order valence-corrected chi connectivity index (χ2v) is 4.41. The molecule has 0 atom stereocenters. The average molecular weight is 292 g/mol. The van der Waals surface area contributed by atoms with Crippen molar-refractivity contribution >= 4 is 11.6 Å². The second-order valence-electron chi connectivity index (χ2n) is 4.41. The maximum Gasteiger partial charge on any atom is 0.146 e. The molecule has 0 radical (unpaired) electrons. The molecule has 1 aromatic rings. The van der Waals surface area contributed by atoms with E-state index in [1.54, 1.807) is 0 Å². The second kappa shape index (κ2) is 9.97. The Balaban J connectivity index is 2.69. The zero-order valence-electron chi connectivity index (χ0n) is 13.0. The van der Waals surface area contributed by atoms with Gasteiger partial charge >= 0.3 is 0 Å². The Morgan fingerprint density at radius 1 is 1.14 bits per heavy atom. The largest absolute Gasteiger partial charge is 0.380 e.